The third kappa shape index (κ3) is 14.7. The lowest BCUT2D eigenvalue weighted by Gasteiger charge is -2.13. The molecule has 0 aliphatic rings. The Morgan fingerprint density at radius 1 is 0.137 bits per heavy atom. The van der Waals surface area contributed by atoms with Gasteiger partial charge in [-0.25, -0.2) is 0 Å². The van der Waals surface area contributed by atoms with Crippen LogP contribution in [0.25, 0.3) is 232 Å². The highest BCUT2D eigenvalue weighted by atomic mass is 15.0. The molecule has 27 aromatic rings. The molecule has 6 aromatic heterocycles. The summed E-state index contributed by atoms with van der Waals surface area (Å²) in [7, 11) is 0. The molecule has 146 heavy (non-hydrogen) atoms. The third-order valence-electron chi connectivity index (χ3n) is 28.3. The summed E-state index contributed by atoms with van der Waals surface area (Å²) in [6.07, 6.45) is 0. The van der Waals surface area contributed by atoms with Crippen molar-refractivity contribution in [3.8, 4) is 143 Å². The average molecular weight is 1860 g/mol. The van der Waals surface area contributed by atoms with Gasteiger partial charge in [0.05, 0.1) is 147 Å². The zero-order chi connectivity index (χ0) is 98.2. The molecule has 0 spiro atoms. The van der Waals surface area contributed by atoms with Gasteiger partial charge in [-0.1, -0.05) is 243 Å². The minimum Gasteiger partial charge on any atom is -0.309 e. The quantitative estimate of drug-likeness (QED) is 0.116. The van der Waals surface area contributed by atoms with E-state index in [0.717, 1.165) is 177 Å². The highest BCUT2D eigenvalue weighted by Gasteiger charge is 2.26. The maximum absolute atomic E-state index is 9.95. The molecule has 6 heterocycles. The van der Waals surface area contributed by atoms with Gasteiger partial charge in [0.1, 0.15) is 6.07 Å². The lowest BCUT2D eigenvalue weighted by atomic mass is 9.96. The molecule has 0 saturated carbocycles. The largest absolute Gasteiger partial charge is 0.309 e. The van der Waals surface area contributed by atoms with Crippen LogP contribution in [0.2, 0.25) is 0 Å². The molecule has 21 aromatic carbocycles. The van der Waals surface area contributed by atoms with Crippen molar-refractivity contribution in [2.75, 3.05) is 0 Å². The predicted octanol–water partition coefficient (Wildman–Crippen LogP) is 32.7. The molecule has 27 rings (SSSR count). The highest BCUT2D eigenvalue weighted by Crippen LogP contribution is 2.47. The van der Waals surface area contributed by atoms with Crippen molar-refractivity contribution in [1.82, 2.24) is 27.4 Å². The van der Waals surface area contributed by atoms with Crippen LogP contribution in [0.1, 0.15) is 38.9 Å². The molecule has 0 N–H and O–H groups in total. The molecule has 674 valence electrons. The molecular weight excluding hydrogens is 1780 g/mol. The van der Waals surface area contributed by atoms with Gasteiger partial charge in [0.25, 0.3) is 0 Å². The van der Waals surface area contributed by atoms with Crippen LogP contribution < -0.4 is 0 Å². The molecule has 13 nitrogen and oxygen atoms in total. The average Bonchev–Trinajstić information content (AvgIpc) is 1.58. The number of aromatic nitrogens is 6. The van der Waals surface area contributed by atoms with Crippen molar-refractivity contribution >= 4 is 131 Å². The lowest BCUT2D eigenvalue weighted by molar-refractivity contribution is 1.17. The summed E-state index contributed by atoms with van der Waals surface area (Å²) in [5.74, 6) is 0. The SMILES string of the molecule is N#Cc1ccc(-n2c3ccc(C#N)cc3c3cc(-c4cccc(-c5cccc6c7ccccc7n(-c7ccccc7)c56)c4)ccc32)cc1.N#Cc1cccc(-n2c3ccc(C#N)cc3c3cc(-c4cccc(-c5cccc6c7ccccc7n(-c7ccccc7)c56)c4)ccc32)c1.N#Cc1cccc(-n2c3ccccc3c3cccc(-c4cccc(-c5ccc6c(c5)c5cc(C#N)ccc5n6-c5ccccc5C#N)c4)c32)c1. The summed E-state index contributed by atoms with van der Waals surface area (Å²) in [6.45, 7) is 0. The first-order chi connectivity index (χ1) is 72.1. The number of nitriles is 7. The number of benzene rings is 21. The zero-order valence-electron chi connectivity index (χ0n) is 78.3. The topological polar surface area (TPSA) is 196 Å². The summed E-state index contributed by atoms with van der Waals surface area (Å²) >= 11 is 0. The fourth-order valence-electron chi connectivity index (χ4n) is 21.8. The molecule has 0 aliphatic heterocycles. The van der Waals surface area contributed by atoms with Crippen LogP contribution in [0.15, 0.2) is 467 Å². The van der Waals surface area contributed by atoms with E-state index in [0.29, 0.717) is 38.9 Å². The molecule has 13 heteroatoms. The van der Waals surface area contributed by atoms with Crippen molar-refractivity contribution in [2.24, 2.45) is 0 Å². The first-order valence-corrected chi connectivity index (χ1v) is 48.1. The van der Waals surface area contributed by atoms with E-state index in [1.165, 1.54) is 54.7 Å². The Hall–Kier alpha value is -21.1. The fraction of sp³-hybridized carbons (Fsp3) is 0. The van der Waals surface area contributed by atoms with E-state index >= 15 is 0 Å². The van der Waals surface area contributed by atoms with Crippen LogP contribution in [0, 0.1) is 79.3 Å². The fourth-order valence-corrected chi connectivity index (χ4v) is 21.8. The number of rotatable bonds is 12. The summed E-state index contributed by atoms with van der Waals surface area (Å²) in [6, 6.07) is 176. The van der Waals surface area contributed by atoms with Crippen molar-refractivity contribution in [3.05, 3.63) is 506 Å². The monoisotopic (exact) mass is 1860 g/mol. The van der Waals surface area contributed by atoms with E-state index in [1.807, 2.05) is 146 Å². The molecule has 0 unspecified atom stereocenters. The molecule has 0 saturated heterocycles. The van der Waals surface area contributed by atoms with Crippen molar-refractivity contribution < 1.29 is 0 Å². The Labute approximate surface area is 838 Å². The first-order valence-electron chi connectivity index (χ1n) is 48.1. The van der Waals surface area contributed by atoms with Gasteiger partial charge < -0.3 is 27.4 Å². The Bertz CT molecular complexity index is 10400. The second kappa shape index (κ2) is 36.0. The van der Waals surface area contributed by atoms with Crippen LogP contribution in [-0.4, -0.2) is 27.4 Å². The number of hydrogen-bond acceptors (Lipinski definition) is 7. The van der Waals surface area contributed by atoms with Gasteiger partial charge in [-0.15, -0.1) is 0 Å². The minimum absolute atomic E-state index is 0.582. The minimum atomic E-state index is 0.582. The molecule has 0 radical (unpaired) electrons. The summed E-state index contributed by atoms with van der Waals surface area (Å²) in [5.41, 5.74) is 36.3. The van der Waals surface area contributed by atoms with Crippen molar-refractivity contribution in [1.29, 1.82) is 36.8 Å². The molecule has 0 fully saturated rings. The van der Waals surface area contributed by atoms with Gasteiger partial charge >= 0.3 is 0 Å². The van der Waals surface area contributed by atoms with E-state index in [-0.39, 0.29) is 0 Å². The van der Waals surface area contributed by atoms with Gasteiger partial charge in [0, 0.05) is 110 Å². The lowest BCUT2D eigenvalue weighted by Crippen LogP contribution is -1.97. The van der Waals surface area contributed by atoms with Gasteiger partial charge in [0.15, 0.2) is 0 Å². The van der Waals surface area contributed by atoms with Gasteiger partial charge in [-0.3, -0.25) is 0 Å². The van der Waals surface area contributed by atoms with Crippen molar-refractivity contribution in [2.45, 2.75) is 0 Å². The highest BCUT2D eigenvalue weighted by molar-refractivity contribution is 6.19. The van der Waals surface area contributed by atoms with Crippen LogP contribution in [0.3, 0.4) is 0 Å². The van der Waals surface area contributed by atoms with Crippen LogP contribution in [0.4, 0.5) is 0 Å². The predicted molar refractivity (Wildman–Crippen MR) is 591 cm³/mol. The van der Waals surface area contributed by atoms with Gasteiger partial charge in [-0.2, -0.15) is 36.8 Å². The second-order valence-corrected chi connectivity index (χ2v) is 36.4. The number of nitrogens with zero attached hydrogens (tertiary/aromatic N) is 13. The Morgan fingerprint density at radius 2 is 0.397 bits per heavy atom. The standard InChI is InChI=1S/C45H25N5.2C44H26N4/c46-26-29-8-5-12-35(22-29)49-42-17-4-2-13-37(42)38-15-7-14-36(45(38)49)33-11-6-10-31(24-33)32-19-21-44-40(25-32)39-23-30(27-47)18-20-43(39)50(44)41-16-3-1-9-34(41)28-48;45-27-29-9-6-14-35(23-29)47-42-21-19-30(28-46)24-39(42)40-26-32(20-22-43(40)47)31-10-7-11-33(25-31)36-16-8-17-38-37-15-4-5-18-41(37)48(44(36)38)34-12-2-1-3-13-34;45-27-29-16-20-35(21-17-29)47-42-22-18-30(28-46)24-39(42)40-26-32(19-23-43(40)47)31-8-6-9-33(25-31)36-13-7-14-38-37-12-4-5-15-41(37)48(44(36)38)34-10-2-1-3-11-34/h1-25H;2*1-26H. The Morgan fingerprint density at radius 3 is 0.781 bits per heavy atom. The molecular formula is C133H77N13. The van der Waals surface area contributed by atoms with Gasteiger partial charge in [0.2, 0.25) is 0 Å². The van der Waals surface area contributed by atoms with E-state index < -0.39 is 0 Å². The zero-order valence-corrected chi connectivity index (χ0v) is 78.3. The number of fused-ring (bicyclic) bond motifs is 18. The maximum Gasteiger partial charge on any atom is 0.101 e. The molecule has 0 atom stereocenters. The van der Waals surface area contributed by atoms with Crippen LogP contribution in [-0.2, 0) is 0 Å². The van der Waals surface area contributed by atoms with Crippen molar-refractivity contribution in [3.63, 3.8) is 0 Å². The van der Waals surface area contributed by atoms with Crippen LogP contribution >= 0.6 is 0 Å². The smallest absolute Gasteiger partial charge is 0.101 e. The van der Waals surface area contributed by atoms with E-state index in [9.17, 15) is 36.8 Å². The van der Waals surface area contributed by atoms with E-state index in [2.05, 4.69) is 391 Å². The third-order valence-corrected chi connectivity index (χ3v) is 28.3. The van der Waals surface area contributed by atoms with E-state index in [1.54, 1.807) is 0 Å². The summed E-state index contributed by atoms with van der Waals surface area (Å²) in [4.78, 5) is 0. The first kappa shape index (κ1) is 86.4. The molecule has 0 aliphatic carbocycles. The summed E-state index contributed by atoms with van der Waals surface area (Å²) < 4.78 is 13.5. The van der Waals surface area contributed by atoms with E-state index in [4.69, 9.17) is 0 Å². The second-order valence-electron chi connectivity index (χ2n) is 36.4. The number of para-hydroxylation sites is 9. The maximum atomic E-state index is 9.95. The van der Waals surface area contributed by atoms with Gasteiger partial charge in [-0.05, 0) is 275 Å². The Kier molecular flexibility index (Phi) is 21.3. The normalized spacial score (nSPS) is 11.2. The summed E-state index contributed by atoms with van der Waals surface area (Å²) in [5, 5.41) is 81.2. The molecule has 0 bridgehead atoms. The Balaban J connectivity index is 0.000000114. The van der Waals surface area contributed by atoms with Crippen LogP contribution in [0.5, 0.6) is 0 Å². The molecule has 0 amide bonds. The number of hydrogen-bond donors (Lipinski definition) is 0.